The summed E-state index contributed by atoms with van der Waals surface area (Å²) in [5, 5.41) is 8.01. The second-order valence-electron chi connectivity index (χ2n) is 5.66. The third kappa shape index (κ3) is 3.74. The summed E-state index contributed by atoms with van der Waals surface area (Å²) >= 11 is 5.92. The Balaban J connectivity index is 1.69. The van der Waals surface area contributed by atoms with Crippen LogP contribution in [0.5, 0.6) is 0 Å². The van der Waals surface area contributed by atoms with E-state index in [-0.39, 0.29) is 12.0 Å². The van der Waals surface area contributed by atoms with E-state index in [2.05, 4.69) is 17.3 Å². The highest BCUT2D eigenvalue weighted by Gasteiger charge is 2.23. The number of aromatic nitrogens is 2. The van der Waals surface area contributed by atoms with Crippen LogP contribution in [0.25, 0.3) is 0 Å². The fourth-order valence-electron chi connectivity index (χ4n) is 2.58. The molecular weight excluding hydrogens is 314 g/mol. The van der Waals surface area contributed by atoms with Crippen molar-refractivity contribution < 1.29 is 9.53 Å². The number of fused-ring (bicyclic) bond motifs is 1. The van der Waals surface area contributed by atoms with Crippen LogP contribution in [0.15, 0.2) is 30.3 Å². The number of carbonyl (C=O) groups excluding carboxylic acids is 1. The van der Waals surface area contributed by atoms with Crippen LogP contribution in [0.4, 0.5) is 0 Å². The zero-order valence-corrected chi connectivity index (χ0v) is 13.8. The second kappa shape index (κ2) is 7.15. The molecule has 0 unspecified atom stereocenters. The molecule has 0 aliphatic carbocycles. The quantitative estimate of drug-likeness (QED) is 0.854. The molecule has 0 fully saturated rings. The Morgan fingerprint density at radius 3 is 2.96 bits per heavy atom. The van der Waals surface area contributed by atoms with E-state index in [1.54, 1.807) is 6.07 Å². The van der Waals surface area contributed by atoms with Gasteiger partial charge in [-0.3, -0.25) is 9.48 Å². The van der Waals surface area contributed by atoms with E-state index in [1.165, 1.54) is 0 Å². The first kappa shape index (κ1) is 16.0. The van der Waals surface area contributed by atoms with Gasteiger partial charge in [-0.1, -0.05) is 37.1 Å². The smallest absolute Gasteiger partial charge is 0.271 e. The summed E-state index contributed by atoms with van der Waals surface area (Å²) in [6, 6.07) is 9.43. The Labute approximate surface area is 140 Å². The van der Waals surface area contributed by atoms with Gasteiger partial charge >= 0.3 is 0 Å². The Bertz CT molecular complexity index is 682. The first-order valence-electron chi connectivity index (χ1n) is 7.89. The van der Waals surface area contributed by atoms with Crippen molar-refractivity contribution in [2.24, 2.45) is 0 Å². The van der Waals surface area contributed by atoms with Gasteiger partial charge in [0.1, 0.15) is 6.10 Å². The zero-order chi connectivity index (χ0) is 16.2. The molecule has 1 aliphatic heterocycles. The molecule has 2 heterocycles. The molecule has 23 heavy (non-hydrogen) atoms. The minimum Gasteiger partial charge on any atom is -0.365 e. The number of benzene rings is 1. The highest BCUT2D eigenvalue weighted by Crippen LogP contribution is 2.27. The molecule has 122 valence electrons. The van der Waals surface area contributed by atoms with Crippen molar-refractivity contribution in [1.82, 2.24) is 15.1 Å². The molecule has 1 amide bonds. The van der Waals surface area contributed by atoms with E-state index in [0.29, 0.717) is 30.4 Å². The fraction of sp³-hybridized carbons (Fsp3) is 0.412. The summed E-state index contributed by atoms with van der Waals surface area (Å²) in [5.74, 6) is -0.122. The Kier molecular flexibility index (Phi) is 4.98. The first-order valence-corrected chi connectivity index (χ1v) is 8.27. The van der Waals surface area contributed by atoms with Gasteiger partial charge in [0.05, 0.1) is 18.8 Å². The van der Waals surface area contributed by atoms with Crippen molar-refractivity contribution in [1.29, 1.82) is 0 Å². The molecule has 1 aliphatic rings. The van der Waals surface area contributed by atoms with Crippen LogP contribution in [0, 0.1) is 0 Å². The molecule has 1 aromatic heterocycles. The average Bonchev–Trinajstić information content (AvgIpc) is 2.99. The van der Waals surface area contributed by atoms with Gasteiger partial charge < -0.3 is 10.1 Å². The number of halogens is 1. The minimum atomic E-state index is -0.122. The Morgan fingerprint density at radius 2 is 2.22 bits per heavy atom. The molecule has 0 bridgehead atoms. The molecule has 6 heteroatoms. The number of amides is 1. The molecule has 0 spiro atoms. The summed E-state index contributed by atoms with van der Waals surface area (Å²) in [4.78, 5) is 12.1. The largest absolute Gasteiger partial charge is 0.365 e. The maximum atomic E-state index is 12.1. The molecule has 1 aromatic carbocycles. The number of nitrogens with one attached hydrogen (secondary N) is 1. The normalized spacial score (nSPS) is 16.9. The maximum Gasteiger partial charge on any atom is 0.271 e. The number of nitrogens with zero attached hydrogens (tertiary/aromatic N) is 2. The maximum absolute atomic E-state index is 12.1. The number of hydrogen-bond acceptors (Lipinski definition) is 3. The molecule has 1 N–H and O–H groups in total. The van der Waals surface area contributed by atoms with Gasteiger partial charge in [0, 0.05) is 11.6 Å². The molecule has 0 radical (unpaired) electrons. The molecule has 0 saturated carbocycles. The number of rotatable bonds is 5. The monoisotopic (exact) mass is 333 g/mol. The van der Waals surface area contributed by atoms with E-state index < -0.39 is 0 Å². The second-order valence-corrected chi connectivity index (χ2v) is 6.10. The summed E-state index contributed by atoms with van der Waals surface area (Å²) in [7, 11) is 0. The van der Waals surface area contributed by atoms with Crippen LogP contribution in [0.3, 0.4) is 0 Å². The van der Waals surface area contributed by atoms with Gasteiger partial charge in [0.15, 0.2) is 5.69 Å². The van der Waals surface area contributed by atoms with E-state index in [0.717, 1.165) is 24.1 Å². The molecule has 2 aromatic rings. The van der Waals surface area contributed by atoms with Crippen molar-refractivity contribution in [3.8, 4) is 0 Å². The fourth-order valence-corrected chi connectivity index (χ4v) is 2.71. The van der Waals surface area contributed by atoms with Crippen LogP contribution in [0.2, 0.25) is 5.02 Å². The topological polar surface area (TPSA) is 56.2 Å². The van der Waals surface area contributed by atoms with E-state index in [1.807, 2.05) is 28.9 Å². The predicted molar refractivity (Wildman–Crippen MR) is 88.5 cm³/mol. The van der Waals surface area contributed by atoms with Crippen molar-refractivity contribution in [2.75, 3.05) is 6.54 Å². The Morgan fingerprint density at radius 1 is 1.43 bits per heavy atom. The van der Waals surface area contributed by atoms with Crippen molar-refractivity contribution in [2.45, 2.75) is 39.0 Å². The lowest BCUT2D eigenvalue weighted by Crippen LogP contribution is -2.25. The van der Waals surface area contributed by atoms with Crippen molar-refractivity contribution >= 4 is 17.5 Å². The summed E-state index contributed by atoms with van der Waals surface area (Å²) in [6.45, 7) is 3.82. The van der Waals surface area contributed by atoms with E-state index in [4.69, 9.17) is 16.3 Å². The predicted octanol–water partition coefficient (Wildman–Crippen LogP) is 3.34. The molecule has 3 rings (SSSR count). The van der Waals surface area contributed by atoms with Gasteiger partial charge in [0.2, 0.25) is 0 Å². The molecular formula is C17H20ClN3O2. The van der Waals surface area contributed by atoms with Crippen molar-refractivity contribution in [3.63, 3.8) is 0 Å². The van der Waals surface area contributed by atoms with Crippen molar-refractivity contribution in [3.05, 3.63) is 52.3 Å². The van der Waals surface area contributed by atoms with Gasteiger partial charge in [-0.05, 0) is 30.2 Å². The van der Waals surface area contributed by atoms with E-state index >= 15 is 0 Å². The highest BCUT2D eigenvalue weighted by molar-refractivity contribution is 6.30. The lowest BCUT2D eigenvalue weighted by molar-refractivity contribution is -0.00119. The van der Waals surface area contributed by atoms with Crippen LogP contribution < -0.4 is 5.32 Å². The van der Waals surface area contributed by atoms with Crippen LogP contribution in [-0.4, -0.2) is 22.2 Å². The van der Waals surface area contributed by atoms with Gasteiger partial charge in [-0.15, -0.1) is 0 Å². The first-order chi connectivity index (χ1) is 11.2. The number of unbranched alkanes of at least 4 members (excludes halogenated alkanes) is 1. The van der Waals surface area contributed by atoms with Gasteiger partial charge in [0.25, 0.3) is 5.91 Å². The number of ether oxygens (including phenoxy) is 1. The van der Waals surface area contributed by atoms with Crippen LogP contribution in [0.1, 0.15) is 47.6 Å². The zero-order valence-electron chi connectivity index (χ0n) is 13.1. The average molecular weight is 334 g/mol. The molecule has 0 saturated heterocycles. The SMILES string of the molecule is CCCCNC(=O)c1cc2n(n1)C[C@@H](c1ccc(Cl)cc1)OC2. The van der Waals surface area contributed by atoms with E-state index in [9.17, 15) is 4.79 Å². The number of hydrogen-bond donors (Lipinski definition) is 1. The third-order valence-corrected chi connectivity index (χ3v) is 4.18. The lowest BCUT2D eigenvalue weighted by Gasteiger charge is -2.24. The molecule has 1 atom stereocenters. The van der Waals surface area contributed by atoms with Gasteiger partial charge in [-0.2, -0.15) is 5.10 Å². The Hall–Kier alpha value is -1.85. The molecule has 5 nitrogen and oxygen atoms in total. The minimum absolute atomic E-state index is 0.0735. The summed E-state index contributed by atoms with van der Waals surface area (Å²) in [6.07, 6.45) is 1.95. The standard InChI is InChI=1S/C17H20ClN3O2/c1-2-3-8-19-17(22)15-9-14-11-23-16(10-21(14)20-15)12-4-6-13(18)7-5-12/h4-7,9,16H,2-3,8,10-11H2,1H3,(H,19,22)/t16-/m0/s1. The third-order valence-electron chi connectivity index (χ3n) is 3.92. The van der Waals surface area contributed by atoms with Crippen LogP contribution in [-0.2, 0) is 17.9 Å². The summed E-state index contributed by atoms with van der Waals surface area (Å²) in [5.41, 5.74) is 2.44. The van der Waals surface area contributed by atoms with Crippen LogP contribution >= 0.6 is 11.6 Å². The lowest BCUT2D eigenvalue weighted by atomic mass is 10.1. The van der Waals surface area contributed by atoms with Gasteiger partial charge in [-0.25, -0.2) is 0 Å². The highest BCUT2D eigenvalue weighted by atomic mass is 35.5. The summed E-state index contributed by atoms with van der Waals surface area (Å²) < 4.78 is 7.74. The number of carbonyl (C=O) groups is 1.